The van der Waals surface area contributed by atoms with Gasteiger partial charge in [0.2, 0.25) is 5.89 Å². The number of anilines is 1. The average Bonchev–Trinajstić information content (AvgIpc) is 3.12. The summed E-state index contributed by atoms with van der Waals surface area (Å²) in [5, 5.41) is 2.23. The first-order chi connectivity index (χ1) is 13.8. The molecule has 4 nitrogen and oxygen atoms in total. The fraction of sp³-hybridized carbons (Fsp3) is 0.0909. The molecule has 1 heterocycles. The lowest BCUT2D eigenvalue weighted by molar-refractivity contribution is -0.141. The highest BCUT2D eigenvalue weighted by molar-refractivity contribution is 5.98. The van der Waals surface area contributed by atoms with E-state index in [9.17, 15) is 18.0 Å². The summed E-state index contributed by atoms with van der Waals surface area (Å²) in [5.41, 5.74) is 1.48. The summed E-state index contributed by atoms with van der Waals surface area (Å²) in [6.45, 7) is 1.52. The number of aryl methyl sites for hydroxylation is 1. The molecule has 4 aromatic rings. The van der Waals surface area contributed by atoms with E-state index >= 15 is 0 Å². The maximum Gasteiger partial charge on any atom is 0.350 e. The van der Waals surface area contributed by atoms with Crippen LogP contribution in [0.5, 0.6) is 0 Å². The second kappa shape index (κ2) is 7.09. The van der Waals surface area contributed by atoms with Crippen LogP contribution < -0.4 is 5.32 Å². The smallest absolute Gasteiger partial charge is 0.350 e. The van der Waals surface area contributed by atoms with Crippen molar-refractivity contribution in [1.82, 2.24) is 4.98 Å². The van der Waals surface area contributed by atoms with E-state index in [0.29, 0.717) is 22.2 Å². The minimum atomic E-state index is -3.69. The van der Waals surface area contributed by atoms with Gasteiger partial charge >= 0.3 is 5.92 Å². The predicted molar refractivity (Wildman–Crippen MR) is 103 cm³/mol. The lowest BCUT2D eigenvalue weighted by Gasteiger charge is -2.18. The molecule has 1 amide bonds. The Hall–Kier alpha value is -3.61. The van der Waals surface area contributed by atoms with E-state index in [1.54, 1.807) is 12.1 Å². The third-order valence-electron chi connectivity index (χ3n) is 4.51. The van der Waals surface area contributed by atoms with Crippen molar-refractivity contribution in [2.75, 3.05) is 5.32 Å². The highest BCUT2D eigenvalue weighted by Gasteiger charge is 2.42. The van der Waals surface area contributed by atoms with Crippen molar-refractivity contribution in [3.8, 4) is 11.5 Å². The number of nitrogens with zero attached hydrogens (tertiary/aromatic N) is 1. The molecule has 0 aliphatic rings. The Kier molecular flexibility index (Phi) is 4.58. The van der Waals surface area contributed by atoms with Gasteiger partial charge in [-0.1, -0.05) is 24.3 Å². The van der Waals surface area contributed by atoms with Crippen LogP contribution in [0, 0.1) is 12.7 Å². The lowest BCUT2D eigenvalue weighted by Crippen LogP contribution is -2.32. The summed E-state index contributed by atoms with van der Waals surface area (Å²) in [6, 6.07) is 15.9. The summed E-state index contributed by atoms with van der Waals surface area (Å²) in [5.74, 6) is -5.26. The number of nitrogens with one attached hydrogen (secondary N) is 1. The monoisotopic (exact) mass is 396 g/mol. The molecule has 0 aliphatic carbocycles. The molecule has 0 atom stereocenters. The normalized spacial score (nSPS) is 11.6. The Bertz CT molecular complexity index is 1200. The van der Waals surface area contributed by atoms with Crippen LogP contribution in [-0.4, -0.2) is 10.9 Å². The van der Waals surface area contributed by atoms with Crippen LogP contribution in [0.3, 0.4) is 0 Å². The van der Waals surface area contributed by atoms with E-state index < -0.39 is 11.8 Å². The van der Waals surface area contributed by atoms with E-state index in [2.05, 4.69) is 10.3 Å². The van der Waals surface area contributed by atoms with E-state index in [4.69, 9.17) is 4.42 Å². The van der Waals surface area contributed by atoms with Crippen molar-refractivity contribution in [1.29, 1.82) is 0 Å². The Morgan fingerprint density at radius 3 is 2.48 bits per heavy atom. The molecule has 0 fully saturated rings. The lowest BCUT2D eigenvalue weighted by atomic mass is 10.0. The zero-order valence-electron chi connectivity index (χ0n) is 15.2. The minimum Gasteiger partial charge on any atom is -0.436 e. The maximum atomic E-state index is 14.6. The second-order valence-electron chi connectivity index (χ2n) is 6.55. The highest BCUT2D eigenvalue weighted by atomic mass is 19.3. The molecule has 29 heavy (non-hydrogen) atoms. The van der Waals surface area contributed by atoms with Crippen LogP contribution in [0.15, 0.2) is 71.1 Å². The number of fused-ring (bicyclic) bond motifs is 1. The molecule has 0 saturated carbocycles. The van der Waals surface area contributed by atoms with Gasteiger partial charge in [-0.25, -0.2) is 9.37 Å². The van der Waals surface area contributed by atoms with Gasteiger partial charge < -0.3 is 9.73 Å². The Labute approximate surface area is 164 Å². The summed E-state index contributed by atoms with van der Waals surface area (Å²) in [7, 11) is 0. The molecule has 0 saturated heterocycles. The molecule has 7 heteroatoms. The van der Waals surface area contributed by atoms with Gasteiger partial charge in [-0.15, -0.1) is 0 Å². The van der Waals surface area contributed by atoms with Gasteiger partial charge in [-0.2, -0.15) is 8.78 Å². The number of alkyl halides is 2. The van der Waals surface area contributed by atoms with Crippen molar-refractivity contribution in [3.05, 3.63) is 83.7 Å². The van der Waals surface area contributed by atoms with Crippen molar-refractivity contribution in [2.24, 2.45) is 0 Å². The molecule has 0 unspecified atom stereocenters. The van der Waals surface area contributed by atoms with Gasteiger partial charge in [0.25, 0.3) is 5.91 Å². The first kappa shape index (κ1) is 18.7. The van der Waals surface area contributed by atoms with Crippen molar-refractivity contribution in [3.63, 3.8) is 0 Å². The number of oxazole rings is 1. The van der Waals surface area contributed by atoms with Gasteiger partial charge in [-0.3, -0.25) is 4.79 Å². The summed E-state index contributed by atoms with van der Waals surface area (Å²) >= 11 is 0. The molecule has 1 aromatic heterocycles. The molecular formula is C22H15F3N2O2. The number of aromatic nitrogens is 1. The predicted octanol–water partition coefficient (Wildman–Crippen LogP) is 5.67. The number of carbonyl (C=O) groups is 1. The van der Waals surface area contributed by atoms with E-state index in [-0.39, 0.29) is 23.0 Å². The number of hydrogen-bond acceptors (Lipinski definition) is 3. The first-order valence-electron chi connectivity index (χ1n) is 8.76. The van der Waals surface area contributed by atoms with Gasteiger partial charge in [0, 0.05) is 22.9 Å². The molecular weight excluding hydrogens is 381 g/mol. The number of rotatable bonds is 4. The Balaban J connectivity index is 1.60. The molecule has 0 aliphatic heterocycles. The zero-order chi connectivity index (χ0) is 20.6. The van der Waals surface area contributed by atoms with Crippen LogP contribution in [0.1, 0.15) is 11.1 Å². The van der Waals surface area contributed by atoms with Gasteiger partial charge in [0.15, 0.2) is 5.58 Å². The van der Waals surface area contributed by atoms with Crippen molar-refractivity contribution >= 4 is 22.7 Å². The average molecular weight is 396 g/mol. The van der Waals surface area contributed by atoms with Crippen LogP contribution in [-0.2, 0) is 10.7 Å². The molecule has 146 valence electrons. The summed E-state index contributed by atoms with van der Waals surface area (Å²) < 4.78 is 47.9. The zero-order valence-corrected chi connectivity index (χ0v) is 15.2. The molecule has 3 aromatic carbocycles. The summed E-state index contributed by atoms with van der Waals surface area (Å²) in [6.07, 6.45) is 0. The third kappa shape index (κ3) is 3.59. The van der Waals surface area contributed by atoms with Gasteiger partial charge in [0.1, 0.15) is 11.3 Å². The van der Waals surface area contributed by atoms with Crippen molar-refractivity contribution in [2.45, 2.75) is 12.8 Å². The summed E-state index contributed by atoms with van der Waals surface area (Å²) in [4.78, 5) is 16.5. The van der Waals surface area contributed by atoms with Crippen LogP contribution in [0.25, 0.3) is 22.6 Å². The van der Waals surface area contributed by atoms with E-state index in [0.717, 1.165) is 0 Å². The van der Waals surface area contributed by atoms with Crippen molar-refractivity contribution < 1.29 is 22.4 Å². The first-order valence-corrected chi connectivity index (χ1v) is 8.76. The fourth-order valence-corrected chi connectivity index (χ4v) is 2.98. The van der Waals surface area contributed by atoms with Crippen LogP contribution in [0.4, 0.5) is 18.9 Å². The SMILES string of the molecule is Cc1ccccc1C(F)(F)C(=O)Nc1ccc2nc(-c3ccc(F)cc3)oc2c1. The number of hydrogen-bond donors (Lipinski definition) is 1. The number of carbonyl (C=O) groups excluding carboxylic acids is 1. The topological polar surface area (TPSA) is 55.1 Å². The Morgan fingerprint density at radius 1 is 1.03 bits per heavy atom. The number of halogens is 3. The third-order valence-corrected chi connectivity index (χ3v) is 4.51. The number of benzene rings is 3. The quantitative estimate of drug-likeness (QED) is 0.483. The van der Waals surface area contributed by atoms with Gasteiger partial charge in [0.05, 0.1) is 0 Å². The highest BCUT2D eigenvalue weighted by Crippen LogP contribution is 2.32. The van der Waals surface area contributed by atoms with Crippen LogP contribution >= 0.6 is 0 Å². The number of amides is 1. The standard InChI is InChI=1S/C22H15F3N2O2/c1-13-4-2-3-5-17(13)22(24,25)21(28)26-16-10-11-18-19(12-16)29-20(27-18)14-6-8-15(23)9-7-14/h2-12H,1H3,(H,26,28). The molecule has 0 radical (unpaired) electrons. The second-order valence-corrected chi connectivity index (χ2v) is 6.55. The van der Waals surface area contributed by atoms with Gasteiger partial charge in [-0.05, 0) is 48.9 Å². The maximum absolute atomic E-state index is 14.6. The van der Waals surface area contributed by atoms with Crippen LogP contribution in [0.2, 0.25) is 0 Å². The molecule has 1 N–H and O–H groups in total. The van der Waals surface area contributed by atoms with E-state index in [1.807, 2.05) is 0 Å². The Morgan fingerprint density at radius 2 is 1.76 bits per heavy atom. The van der Waals surface area contributed by atoms with E-state index in [1.165, 1.54) is 61.5 Å². The minimum absolute atomic E-state index is 0.151. The fourth-order valence-electron chi connectivity index (χ4n) is 2.98. The molecule has 0 spiro atoms. The molecule has 0 bridgehead atoms. The molecule has 4 rings (SSSR count). The largest absolute Gasteiger partial charge is 0.436 e.